The molecule has 2 fully saturated rings. The quantitative estimate of drug-likeness (QED) is 0.819. The molecule has 0 saturated carbocycles. The molecule has 3 heterocycles. The highest BCUT2D eigenvalue weighted by molar-refractivity contribution is 5.29. The van der Waals surface area contributed by atoms with Gasteiger partial charge in [-0.05, 0) is 39.3 Å². The van der Waals surface area contributed by atoms with E-state index in [0.717, 1.165) is 26.1 Å². The monoisotopic (exact) mass is 279 g/mol. The molecule has 2 saturated heterocycles. The fourth-order valence-electron chi connectivity index (χ4n) is 3.26. The molecule has 1 aromatic heterocycles. The Balaban J connectivity index is 1.63. The minimum Gasteiger partial charge on any atom is -0.407 e. The van der Waals surface area contributed by atoms with Crippen molar-refractivity contribution < 1.29 is 4.42 Å². The van der Waals surface area contributed by atoms with Crippen molar-refractivity contribution in [3.05, 3.63) is 5.89 Å². The van der Waals surface area contributed by atoms with E-state index in [-0.39, 0.29) is 0 Å². The lowest BCUT2D eigenvalue weighted by Crippen LogP contribution is -2.55. The fourth-order valence-corrected chi connectivity index (χ4v) is 3.26. The summed E-state index contributed by atoms with van der Waals surface area (Å²) in [5, 5.41) is 11.7. The molecule has 0 spiro atoms. The number of piperazine rings is 1. The number of aromatic nitrogens is 2. The van der Waals surface area contributed by atoms with Crippen LogP contribution in [0.25, 0.3) is 0 Å². The van der Waals surface area contributed by atoms with E-state index in [9.17, 15) is 0 Å². The maximum atomic E-state index is 5.81. The summed E-state index contributed by atoms with van der Waals surface area (Å²) in [7, 11) is 0. The van der Waals surface area contributed by atoms with Crippen LogP contribution in [0.4, 0.5) is 6.01 Å². The van der Waals surface area contributed by atoms with Crippen molar-refractivity contribution in [3.8, 4) is 0 Å². The summed E-state index contributed by atoms with van der Waals surface area (Å²) in [5.41, 5.74) is 0. The summed E-state index contributed by atoms with van der Waals surface area (Å²) in [6.07, 6.45) is 3.73. The van der Waals surface area contributed by atoms with Gasteiger partial charge in [0.1, 0.15) is 0 Å². The number of fused-ring (bicyclic) bond motifs is 1. The zero-order valence-electron chi connectivity index (χ0n) is 12.5. The van der Waals surface area contributed by atoms with Gasteiger partial charge in [0.2, 0.25) is 5.89 Å². The SMILES string of the molecule is CCCNCc1nnc(N2CC3CCCN3CC2C)o1. The van der Waals surface area contributed by atoms with Crippen LogP contribution < -0.4 is 10.2 Å². The minimum atomic E-state index is 0.446. The topological polar surface area (TPSA) is 57.4 Å². The van der Waals surface area contributed by atoms with E-state index in [4.69, 9.17) is 4.42 Å². The van der Waals surface area contributed by atoms with Crippen LogP contribution in [0.5, 0.6) is 0 Å². The number of nitrogens with zero attached hydrogens (tertiary/aromatic N) is 4. The van der Waals surface area contributed by atoms with Crippen LogP contribution in [-0.4, -0.2) is 53.4 Å². The van der Waals surface area contributed by atoms with Crippen LogP contribution in [0.1, 0.15) is 39.0 Å². The Bertz CT molecular complexity index is 435. The highest BCUT2D eigenvalue weighted by Crippen LogP contribution is 2.27. The Morgan fingerprint density at radius 2 is 2.25 bits per heavy atom. The van der Waals surface area contributed by atoms with Gasteiger partial charge in [0.25, 0.3) is 0 Å². The van der Waals surface area contributed by atoms with Gasteiger partial charge in [0.05, 0.1) is 6.54 Å². The van der Waals surface area contributed by atoms with Crippen molar-refractivity contribution in [1.82, 2.24) is 20.4 Å². The van der Waals surface area contributed by atoms with Gasteiger partial charge >= 0.3 is 6.01 Å². The van der Waals surface area contributed by atoms with E-state index in [1.54, 1.807) is 0 Å². The van der Waals surface area contributed by atoms with Gasteiger partial charge in [0, 0.05) is 25.2 Å². The first-order valence-corrected chi connectivity index (χ1v) is 7.81. The lowest BCUT2D eigenvalue weighted by Gasteiger charge is -2.41. The Kier molecular flexibility index (Phi) is 4.21. The Hall–Kier alpha value is -1.14. The average molecular weight is 279 g/mol. The summed E-state index contributed by atoms with van der Waals surface area (Å²) >= 11 is 0. The van der Waals surface area contributed by atoms with Gasteiger partial charge in [-0.3, -0.25) is 4.90 Å². The molecule has 6 heteroatoms. The molecular formula is C14H25N5O. The van der Waals surface area contributed by atoms with Gasteiger partial charge in [-0.1, -0.05) is 12.0 Å². The maximum Gasteiger partial charge on any atom is 0.318 e. The molecule has 0 radical (unpaired) electrons. The first-order valence-electron chi connectivity index (χ1n) is 7.81. The van der Waals surface area contributed by atoms with E-state index in [2.05, 4.69) is 39.2 Å². The summed E-state index contributed by atoms with van der Waals surface area (Å²) in [6, 6.07) is 1.80. The van der Waals surface area contributed by atoms with Crippen molar-refractivity contribution in [2.45, 2.75) is 51.7 Å². The summed E-state index contributed by atoms with van der Waals surface area (Å²) < 4.78 is 5.81. The van der Waals surface area contributed by atoms with E-state index in [0.29, 0.717) is 30.5 Å². The highest BCUT2D eigenvalue weighted by Gasteiger charge is 2.36. The van der Waals surface area contributed by atoms with Crippen molar-refractivity contribution in [2.75, 3.05) is 31.1 Å². The molecule has 20 heavy (non-hydrogen) atoms. The molecule has 112 valence electrons. The van der Waals surface area contributed by atoms with Crippen molar-refractivity contribution in [3.63, 3.8) is 0 Å². The summed E-state index contributed by atoms with van der Waals surface area (Å²) in [6.45, 7) is 9.41. The minimum absolute atomic E-state index is 0.446. The highest BCUT2D eigenvalue weighted by atomic mass is 16.4. The molecule has 6 nitrogen and oxygen atoms in total. The third-order valence-electron chi connectivity index (χ3n) is 4.34. The van der Waals surface area contributed by atoms with Gasteiger partial charge in [0.15, 0.2) is 0 Å². The van der Waals surface area contributed by atoms with Crippen LogP contribution >= 0.6 is 0 Å². The number of hydrogen-bond donors (Lipinski definition) is 1. The molecule has 2 aliphatic heterocycles. The van der Waals surface area contributed by atoms with Crippen LogP contribution in [0, 0.1) is 0 Å². The second-order valence-corrected chi connectivity index (χ2v) is 5.95. The third-order valence-corrected chi connectivity index (χ3v) is 4.34. The fraction of sp³-hybridized carbons (Fsp3) is 0.857. The molecule has 1 aromatic rings. The molecule has 2 unspecified atom stereocenters. The predicted molar refractivity (Wildman–Crippen MR) is 77.7 cm³/mol. The van der Waals surface area contributed by atoms with Gasteiger partial charge < -0.3 is 14.6 Å². The molecule has 0 aliphatic carbocycles. The third kappa shape index (κ3) is 2.81. The smallest absolute Gasteiger partial charge is 0.318 e. The van der Waals surface area contributed by atoms with Crippen LogP contribution in [0.3, 0.4) is 0 Å². The maximum absolute atomic E-state index is 5.81. The largest absolute Gasteiger partial charge is 0.407 e. The van der Waals surface area contributed by atoms with Crippen LogP contribution in [0.2, 0.25) is 0 Å². The Labute approximate surface area is 120 Å². The summed E-state index contributed by atoms with van der Waals surface area (Å²) in [5.74, 6) is 0.689. The van der Waals surface area contributed by atoms with E-state index < -0.39 is 0 Å². The normalized spacial score (nSPS) is 27.0. The second-order valence-electron chi connectivity index (χ2n) is 5.95. The van der Waals surface area contributed by atoms with Gasteiger partial charge in [-0.15, -0.1) is 5.10 Å². The van der Waals surface area contributed by atoms with Gasteiger partial charge in [-0.2, -0.15) is 0 Å². The number of anilines is 1. The zero-order chi connectivity index (χ0) is 13.9. The van der Waals surface area contributed by atoms with Crippen molar-refractivity contribution >= 4 is 6.01 Å². The molecule has 3 rings (SSSR count). The molecule has 2 aliphatic rings. The van der Waals surface area contributed by atoms with E-state index in [1.807, 2.05) is 0 Å². The zero-order valence-corrected chi connectivity index (χ0v) is 12.5. The Morgan fingerprint density at radius 1 is 1.35 bits per heavy atom. The predicted octanol–water partition coefficient (Wildman–Crippen LogP) is 1.24. The second kappa shape index (κ2) is 6.10. The van der Waals surface area contributed by atoms with Crippen molar-refractivity contribution in [1.29, 1.82) is 0 Å². The lowest BCUT2D eigenvalue weighted by molar-refractivity contribution is 0.197. The molecular weight excluding hydrogens is 254 g/mol. The lowest BCUT2D eigenvalue weighted by atomic mass is 10.1. The first-order chi connectivity index (χ1) is 9.78. The average Bonchev–Trinajstić information content (AvgIpc) is 3.06. The standard InChI is InChI=1S/C14H25N5O/c1-3-6-15-8-13-16-17-14(20-13)19-10-12-5-4-7-18(12)9-11(19)2/h11-12,15H,3-10H2,1-2H3. The number of hydrogen-bond acceptors (Lipinski definition) is 6. The van der Waals surface area contributed by atoms with Gasteiger partial charge in [-0.25, -0.2) is 0 Å². The Morgan fingerprint density at radius 3 is 3.10 bits per heavy atom. The van der Waals surface area contributed by atoms with Crippen molar-refractivity contribution in [2.24, 2.45) is 0 Å². The first kappa shape index (κ1) is 13.8. The molecule has 2 atom stereocenters. The van der Waals surface area contributed by atoms with E-state index >= 15 is 0 Å². The number of nitrogens with one attached hydrogen (secondary N) is 1. The summed E-state index contributed by atoms with van der Waals surface area (Å²) in [4.78, 5) is 4.88. The van der Waals surface area contributed by atoms with Crippen LogP contribution in [-0.2, 0) is 6.54 Å². The molecule has 0 aromatic carbocycles. The van der Waals surface area contributed by atoms with E-state index in [1.165, 1.54) is 19.4 Å². The van der Waals surface area contributed by atoms with Crippen LogP contribution in [0.15, 0.2) is 4.42 Å². The molecule has 0 bridgehead atoms. The molecule has 0 amide bonds. The molecule has 1 N–H and O–H groups in total. The number of rotatable bonds is 5.